The summed E-state index contributed by atoms with van der Waals surface area (Å²) < 4.78 is 15.4. The quantitative estimate of drug-likeness (QED) is 0.375. The molecule has 1 aromatic heterocycles. The van der Waals surface area contributed by atoms with Crippen molar-refractivity contribution in [3.05, 3.63) is 40.7 Å². The second-order valence-electron chi connectivity index (χ2n) is 10.7. The van der Waals surface area contributed by atoms with Crippen LogP contribution in [0, 0.1) is 11.8 Å². The van der Waals surface area contributed by atoms with Crippen molar-refractivity contribution in [3.8, 4) is 11.4 Å². The van der Waals surface area contributed by atoms with Crippen LogP contribution in [0.25, 0.3) is 5.69 Å². The maximum absolute atomic E-state index is 14.3. The summed E-state index contributed by atoms with van der Waals surface area (Å²) in [4.78, 5) is 68.3. The molecule has 0 radical (unpaired) electrons. The summed E-state index contributed by atoms with van der Waals surface area (Å²) in [6.07, 6.45) is -0.0462. The lowest BCUT2D eigenvalue weighted by molar-refractivity contribution is -0.788. The van der Waals surface area contributed by atoms with Gasteiger partial charge in [-0.3, -0.25) is 4.79 Å². The highest BCUT2D eigenvalue weighted by Gasteiger charge is 2.59. The molecule has 1 fully saturated rings. The van der Waals surface area contributed by atoms with E-state index in [2.05, 4.69) is 5.10 Å². The minimum absolute atomic E-state index is 0.118. The number of carbonyl (C=O) groups excluding carboxylic acids is 4. The molecule has 1 aromatic carbocycles. The lowest BCUT2D eigenvalue weighted by Gasteiger charge is -2.40. The molecule has 4 amide bonds. The standard InChI is InChI=1S/C27H38N5O8/c1-15(2)20(28)24(34)32(14-8-9-17(32)5)25(35)30(26(36)39-7)21(16(3)4)22(33)23-29-31(27(37)40-23)18-10-12-19(38-6)13-11-18/h10-13,15-17,20-21H,8-9,14,28H2,1-7H3/q+1/t17-,20+,21+,32?/m1/s1. The Hall–Kier alpha value is -3.84. The monoisotopic (exact) mass is 560 g/mol. The van der Waals surface area contributed by atoms with Gasteiger partial charge in [-0.15, -0.1) is 5.10 Å². The van der Waals surface area contributed by atoms with Crippen LogP contribution in [0.2, 0.25) is 0 Å². The van der Waals surface area contributed by atoms with Crippen molar-refractivity contribution in [1.82, 2.24) is 14.7 Å². The Morgan fingerprint density at radius 1 is 1.10 bits per heavy atom. The Balaban J connectivity index is 2.10. The number of methoxy groups -OCH3 is 2. The Morgan fingerprint density at radius 3 is 2.20 bits per heavy atom. The third-order valence-electron chi connectivity index (χ3n) is 7.45. The minimum Gasteiger partial charge on any atom is -0.497 e. The number of hydrogen-bond acceptors (Lipinski definition) is 10. The summed E-state index contributed by atoms with van der Waals surface area (Å²) in [7, 11) is 2.57. The topological polar surface area (TPSA) is 164 Å². The number of carbonyl (C=O) groups is 4. The van der Waals surface area contributed by atoms with E-state index in [-0.39, 0.29) is 12.5 Å². The van der Waals surface area contributed by atoms with Gasteiger partial charge in [0.2, 0.25) is 5.78 Å². The fraction of sp³-hybridized carbons (Fsp3) is 0.556. The van der Waals surface area contributed by atoms with Gasteiger partial charge < -0.3 is 19.6 Å². The second-order valence-corrected chi connectivity index (χ2v) is 10.7. The molecule has 218 valence electrons. The highest BCUT2D eigenvalue weighted by atomic mass is 16.5. The van der Waals surface area contributed by atoms with Gasteiger partial charge in [-0.2, -0.15) is 14.1 Å². The zero-order valence-corrected chi connectivity index (χ0v) is 23.9. The molecule has 40 heavy (non-hydrogen) atoms. The summed E-state index contributed by atoms with van der Waals surface area (Å²) in [5.74, 6) is -3.38. The fourth-order valence-electron chi connectivity index (χ4n) is 5.04. The van der Waals surface area contributed by atoms with Crippen molar-refractivity contribution in [2.24, 2.45) is 17.6 Å². The van der Waals surface area contributed by atoms with Gasteiger partial charge in [0.1, 0.15) is 23.9 Å². The van der Waals surface area contributed by atoms with E-state index in [9.17, 15) is 24.0 Å². The Morgan fingerprint density at radius 2 is 1.73 bits per heavy atom. The van der Waals surface area contributed by atoms with Crippen LogP contribution in [0.3, 0.4) is 0 Å². The van der Waals surface area contributed by atoms with Gasteiger partial charge in [-0.05, 0) is 43.0 Å². The number of amides is 4. The Kier molecular flexibility index (Phi) is 9.31. The molecule has 3 rings (SSSR count). The van der Waals surface area contributed by atoms with Gasteiger partial charge in [-0.25, -0.2) is 19.2 Å². The van der Waals surface area contributed by atoms with Crippen LogP contribution < -0.4 is 16.2 Å². The predicted octanol–water partition coefficient (Wildman–Crippen LogP) is 2.74. The molecule has 2 heterocycles. The number of rotatable bonds is 8. The van der Waals surface area contributed by atoms with E-state index in [4.69, 9.17) is 19.6 Å². The van der Waals surface area contributed by atoms with Gasteiger partial charge in [0.15, 0.2) is 0 Å². The van der Waals surface area contributed by atoms with Crippen LogP contribution in [0.15, 0.2) is 33.5 Å². The summed E-state index contributed by atoms with van der Waals surface area (Å²) in [6, 6.07) is 2.43. The number of quaternary nitrogens is 1. The molecule has 1 saturated heterocycles. The largest absolute Gasteiger partial charge is 0.497 e. The first-order chi connectivity index (χ1) is 18.8. The lowest BCUT2D eigenvalue weighted by atomic mass is 9.97. The molecular weight excluding hydrogens is 522 g/mol. The number of nitrogens with two attached hydrogens (primary N) is 1. The molecule has 13 nitrogen and oxygen atoms in total. The van der Waals surface area contributed by atoms with Gasteiger partial charge in [0.25, 0.3) is 5.89 Å². The van der Waals surface area contributed by atoms with E-state index in [1.807, 2.05) is 0 Å². The van der Waals surface area contributed by atoms with Crippen LogP contribution in [0.1, 0.15) is 58.1 Å². The van der Waals surface area contributed by atoms with Crippen LogP contribution in [0.4, 0.5) is 9.59 Å². The molecule has 0 bridgehead atoms. The number of hydrogen-bond donors (Lipinski definition) is 1. The molecule has 0 saturated carbocycles. The lowest BCUT2D eigenvalue weighted by Crippen LogP contribution is -2.70. The number of aromatic nitrogens is 2. The van der Waals surface area contributed by atoms with E-state index in [0.29, 0.717) is 29.2 Å². The first kappa shape index (κ1) is 30.7. The number of benzene rings is 1. The molecule has 1 aliphatic heterocycles. The van der Waals surface area contributed by atoms with Crippen molar-refractivity contribution in [2.75, 3.05) is 20.8 Å². The number of nitrogens with zero attached hydrogens (tertiary/aromatic N) is 4. The molecule has 13 heteroatoms. The van der Waals surface area contributed by atoms with Crippen molar-refractivity contribution in [1.29, 1.82) is 0 Å². The van der Waals surface area contributed by atoms with Gasteiger partial charge in [0.05, 0.1) is 26.5 Å². The molecule has 2 N–H and O–H groups in total. The van der Waals surface area contributed by atoms with Crippen LogP contribution in [-0.4, -0.2) is 81.9 Å². The maximum Gasteiger partial charge on any atom is 0.442 e. The molecule has 0 spiro atoms. The van der Waals surface area contributed by atoms with Gasteiger partial charge in [-0.1, -0.05) is 27.7 Å². The van der Waals surface area contributed by atoms with E-state index in [0.717, 1.165) is 11.8 Å². The average molecular weight is 561 g/mol. The Labute approximate surface area is 232 Å². The van der Waals surface area contributed by atoms with E-state index < -0.39 is 64.0 Å². The zero-order valence-electron chi connectivity index (χ0n) is 23.9. The summed E-state index contributed by atoms with van der Waals surface area (Å²) in [6.45, 7) is 8.63. The predicted molar refractivity (Wildman–Crippen MR) is 143 cm³/mol. The Bertz CT molecular complexity index is 1310. The average Bonchev–Trinajstić information content (AvgIpc) is 3.52. The van der Waals surface area contributed by atoms with E-state index in [1.165, 1.54) is 7.11 Å². The van der Waals surface area contributed by atoms with Crippen LogP contribution in [-0.2, 0) is 9.53 Å². The number of urea groups is 1. The zero-order chi connectivity index (χ0) is 29.9. The minimum atomic E-state index is -1.49. The highest BCUT2D eigenvalue weighted by molar-refractivity contribution is 6.03. The van der Waals surface area contributed by atoms with Gasteiger partial charge in [0, 0.05) is 12.8 Å². The normalized spacial score (nSPS) is 20.3. The first-order valence-electron chi connectivity index (χ1n) is 13.2. The number of likely N-dealkylation sites (tertiary alicyclic amines) is 1. The third-order valence-corrected chi connectivity index (χ3v) is 7.45. The smallest absolute Gasteiger partial charge is 0.442 e. The van der Waals surface area contributed by atoms with Crippen molar-refractivity contribution < 1.29 is 37.6 Å². The van der Waals surface area contributed by atoms with Crippen molar-refractivity contribution in [2.45, 2.75) is 65.6 Å². The fourth-order valence-corrected chi connectivity index (χ4v) is 5.04. The van der Waals surface area contributed by atoms with E-state index in [1.54, 1.807) is 58.9 Å². The second kappa shape index (κ2) is 12.1. The van der Waals surface area contributed by atoms with E-state index >= 15 is 0 Å². The van der Waals surface area contributed by atoms with Crippen LogP contribution >= 0.6 is 0 Å². The molecule has 0 aliphatic carbocycles. The number of Topliss-reactive ketones (excluding diaryl/α,β-unsaturated/α-hetero) is 1. The van der Waals surface area contributed by atoms with Gasteiger partial charge >= 0.3 is 23.8 Å². The van der Waals surface area contributed by atoms with Crippen molar-refractivity contribution in [3.63, 3.8) is 0 Å². The molecule has 2 aromatic rings. The number of imide groups is 2. The number of ketones is 1. The molecule has 1 unspecified atom stereocenters. The highest BCUT2D eigenvalue weighted by Crippen LogP contribution is 2.33. The maximum atomic E-state index is 14.3. The summed E-state index contributed by atoms with van der Waals surface area (Å²) >= 11 is 0. The van der Waals surface area contributed by atoms with Crippen molar-refractivity contribution >= 4 is 23.8 Å². The first-order valence-corrected chi connectivity index (χ1v) is 13.2. The third kappa shape index (κ3) is 5.43. The molecule has 1 aliphatic rings. The summed E-state index contributed by atoms with van der Waals surface area (Å²) in [5.41, 5.74) is 6.53. The molecule has 4 atom stereocenters. The van der Waals surface area contributed by atoms with Crippen LogP contribution in [0.5, 0.6) is 5.75 Å². The SMILES string of the molecule is COC(=O)N(C(=O)[N+]1(C(=O)[C@@H](N)C(C)C)CCC[C@H]1C)[C@H](C(=O)c1nn(-c2ccc(OC)cc2)c(=O)o1)C(C)C. The summed E-state index contributed by atoms with van der Waals surface area (Å²) in [5, 5.41) is 4.05. The molecular formula is C27H38N5O8+. The number of ether oxygens (including phenoxy) is 2.